The van der Waals surface area contributed by atoms with Gasteiger partial charge in [0.15, 0.2) is 0 Å². The molecule has 3 nitrogen and oxygen atoms in total. The lowest BCUT2D eigenvalue weighted by Gasteiger charge is -2.12. The van der Waals surface area contributed by atoms with E-state index in [2.05, 4.69) is 0 Å². The number of nitrogens with one attached hydrogen (secondary N) is 1. The monoisotopic (exact) mass is 325 g/mol. The van der Waals surface area contributed by atoms with Gasteiger partial charge in [0.2, 0.25) is 0 Å². The Balaban J connectivity index is 2.31. The fourth-order valence-electron chi connectivity index (χ4n) is 2.00. The van der Waals surface area contributed by atoms with E-state index in [1.54, 1.807) is 12.1 Å². The number of hydrogen-bond acceptors (Lipinski definition) is 2. The molecular formula is C16H17F2NO2S. The highest BCUT2D eigenvalue weighted by atomic mass is 32.2. The van der Waals surface area contributed by atoms with Crippen molar-refractivity contribution in [1.29, 1.82) is 0 Å². The van der Waals surface area contributed by atoms with Gasteiger partial charge in [-0.25, -0.2) is 17.2 Å². The molecule has 0 saturated heterocycles. The molecule has 2 aromatic rings. The van der Waals surface area contributed by atoms with E-state index in [4.69, 9.17) is 0 Å². The smallest absolute Gasteiger partial charge is 0.262 e. The van der Waals surface area contributed by atoms with Crippen LogP contribution in [0.15, 0.2) is 47.4 Å². The third-order valence-corrected chi connectivity index (χ3v) is 4.94. The van der Waals surface area contributed by atoms with Gasteiger partial charge in [-0.2, -0.15) is 0 Å². The van der Waals surface area contributed by atoms with Crippen LogP contribution in [0.1, 0.15) is 31.7 Å². The van der Waals surface area contributed by atoms with Gasteiger partial charge in [-0.05, 0) is 42.2 Å². The number of hydrogen-bond donors (Lipinski definition) is 1. The molecule has 1 N–H and O–H groups in total. The summed E-state index contributed by atoms with van der Waals surface area (Å²) in [5.41, 5.74) is 0.340. The second-order valence-electron chi connectivity index (χ2n) is 5.08. The van der Waals surface area contributed by atoms with Crippen LogP contribution in [-0.4, -0.2) is 8.42 Å². The number of benzene rings is 2. The van der Waals surface area contributed by atoms with Crippen molar-refractivity contribution in [3.63, 3.8) is 0 Å². The first kappa shape index (κ1) is 16.4. The van der Waals surface area contributed by atoms with Crippen molar-refractivity contribution in [2.24, 2.45) is 0 Å². The minimum absolute atomic E-state index is 0.0396. The van der Waals surface area contributed by atoms with E-state index in [9.17, 15) is 17.2 Å². The molecule has 0 amide bonds. The molecule has 0 heterocycles. The van der Waals surface area contributed by atoms with Crippen molar-refractivity contribution >= 4 is 15.7 Å². The first-order valence-electron chi connectivity index (χ1n) is 6.92. The molecule has 0 aliphatic rings. The largest absolute Gasteiger partial charge is 0.274 e. The molecule has 0 unspecified atom stereocenters. The molecule has 0 saturated carbocycles. The summed E-state index contributed by atoms with van der Waals surface area (Å²) in [5, 5.41) is 0. The van der Waals surface area contributed by atoms with E-state index in [1.165, 1.54) is 18.2 Å². The molecule has 22 heavy (non-hydrogen) atoms. The minimum atomic E-state index is -4.04. The fourth-order valence-corrected chi connectivity index (χ4v) is 3.08. The van der Waals surface area contributed by atoms with Crippen molar-refractivity contribution in [3.05, 3.63) is 59.7 Å². The van der Waals surface area contributed by atoms with Crippen LogP contribution in [0.3, 0.4) is 0 Å². The molecule has 2 rings (SSSR count). The summed E-state index contributed by atoms with van der Waals surface area (Å²) < 4.78 is 53.5. The topological polar surface area (TPSA) is 46.2 Å². The second kappa shape index (κ2) is 6.44. The van der Waals surface area contributed by atoms with Crippen LogP contribution >= 0.6 is 0 Å². The Bertz CT molecular complexity index is 738. The molecule has 6 heteroatoms. The second-order valence-corrected chi connectivity index (χ2v) is 6.76. The maximum atomic E-state index is 13.5. The van der Waals surface area contributed by atoms with E-state index >= 15 is 0 Å². The minimum Gasteiger partial charge on any atom is -0.274 e. The molecule has 0 aliphatic heterocycles. The summed E-state index contributed by atoms with van der Waals surface area (Å²) in [6.45, 7) is 4.08. The Hall–Kier alpha value is -1.95. The van der Waals surface area contributed by atoms with Gasteiger partial charge < -0.3 is 0 Å². The maximum Gasteiger partial charge on any atom is 0.262 e. The molecule has 2 aromatic carbocycles. The highest BCUT2D eigenvalue weighted by Gasteiger charge is 2.19. The number of rotatable bonds is 5. The number of halogens is 2. The van der Waals surface area contributed by atoms with E-state index in [0.29, 0.717) is 5.92 Å². The first-order chi connectivity index (χ1) is 10.3. The van der Waals surface area contributed by atoms with Gasteiger partial charge in [-0.15, -0.1) is 0 Å². The standard InChI is InChI=1S/C16H17F2NO2S/c1-3-11(2)12-7-9-13(10-8-12)22(20,21)19-16-14(17)5-4-6-15(16)18/h4-11,19H,3H2,1-2H3/t11-/m1/s1. The highest BCUT2D eigenvalue weighted by molar-refractivity contribution is 7.92. The Morgan fingerprint density at radius 2 is 1.59 bits per heavy atom. The average molecular weight is 325 g/mol. The highest BCUT2D eigenvalue weighted by Crippen LogP contribution is 2.24. The lowest BCUT2D eigenvalue weighted by atomic mass is 9.99. The quantitative estimate of drug-likeness (QED) is 0.892. The zero-order valence-electron chi connectivity index (χ0n) is 12.3. The summed E-state index contributed by atoms with van der Waals surface area (Å²) in [6.07, 6.45) is 0.935. The first-order valence-corrected chi connectivity index (χ1v) is 8.40. The van der Waals surface area contributed by atoms with Gasteiger partial charge in [0.05, 0.1) is 4.90 Å². The molecule has 0 spiro atoms. The normalized spacial score (nSPS) is 12.9. The van der Waals surface area contributed by atoms with E-state index in [-0.39, 0.29) is 4.90 Å². The fraction of sp³-hybridized carbons (Fsp3) is 0.250. The van der Waals surface area contributed by atoms with E-state index in [0.717, 1.165) is 24.1 Å². The number of anilines is 1. The van der Waals surface area contributed by atoms with Crippen LogP contribution in [0.5, 0.6) is 0 Å². The molecule has 0 aromatic heterocycles. The maximum absolute atomic E-state index is 13.5. The number of para-hydroxylation sites is 1. The Morgan fingerprint density at radius 1 is 1.05 bits per heavy atom. The molecule has 0 fully saturated rings. The van der Waals surface area contributed by atoms with Crippen LogP contribution in [0, 0.1) is 11.6 Å². The number of sulfonamides is 1. The van der Waals surface area contributed by atoms with E-state index < -0.39 is 27.3 Å². The Labute approximate surface area is 129 Å². The zero-order chi connectivity index (χ0) is 16.3. The SMILES string of the molecule is CC[C@@H](C)c1ccc(S(=O)(=O)Nc2c(F)cccc2F)cc1. The van der Waals surface area contributed by atoms with Crippen molar-refractivity contribution < 1.29 is 17.2 Å². The molecule has 0 aliphatic carbocycles. The van der Waals surface area contributed by atoms with Crippen LogP contribution < -0.4 is 4.72 Å². The zero-order valence-corrected chi connectivity index (χ0v) is 13.1. The Kier molecular flexibility index (Phi) is 4.81. The van der Waals surface area contributed by atoms with E-state index in [1.807, 2.05) is 18.6 Å². The summed E-state index contributed by atoms with van der Waals surface area (Å²) >= 11 is 0. The Morgan fingerprint density at radius 3 is 2.09 bits per heavy atom. The molecular weight excluding hydrogens is 308 g/mol. The third kappa shape index (κ3) is 3.44. The molecule has 0 bridgehead atoms. The van der Waals surface area contributed by atoms with Gasteiger partial charge in [-0.3, -0.25) is 4.72 Å². The lowest BCUT2D eigenvalue weighted by molar-refractivity contribution is 0.583. The van der Waals surface area contributed by atoms with Crippen molar-refractivity contribution in [2.75, 3.05) is 4.72 Å². The lowest BCUT2D eigenvalue weighted by Crippen LogP contribution is -2.15. The van der Waals surface area contributed by atoms with Gasteiger partial charge in [-0.1, -0.05) is 32.0 Å². The van der Waals surface area contributed by atoms with Gasteiger partial charge in [0, 0.05) is 0 Å². The van der Waals surface area contributed by atoms with Crippen molar-refractivity contribution in [3.8, 4) is 0 Å². The van der Waals surface area contributed by atoms with Crippen molar-refractivity contribution in [1.82, 2.24) is 0 Å². The third-order valence-electron chi connectivity index (χ3n) is 3.57. The summed E-state index contributed by atoms with van der Waals surface area (Å²) in [6, 6.07) is 9.44. The van der Waals surface area contributed by atoms with Crippen LogP contribution in [0.2, 0.25) is 0 Å². The van der Waals surface area contributed by atoms with Gasteiger partial charge >= 0.3 is 0 Å². The van der Waals surface area contributed by atoms with Crippen molar-refractivity contribution in [2.45, 2.75) is 31.1 Å². The molecule has 0 radical (unpaired) electrons. The van der Waals surface area contributed by atoms with Gasteiger partial charge in [0.25, 0.3) is 10.0 Å². The predicted molar refractivity (Wildman–Crippen MR) is 82.3 cm³/mol. The van der Waals surface area contributed by atoms with Crippen LogP contribution in [0.25, 0.3) is 0 Å². The molecule has 118 valence electrons. The van der Waals surface area contributed by atoms with Crippen LogP contribution in [0.4, 0.5) is 14.5 Å². The average Bonchev–Trinajstić information content (AvgIpc) is 2.50. The predicted octanol–water partition coefficient (Wildman–Crippen LogP) is 4.28. The summed E-state index contributed by atoms with van der Waals surface area (Å²) in [4.78, 5) is -0.0396. The summed E-state index contributed by atoms with van der Waals surface area (Å²) in [7, 11) is -4.04. The van der Waals surface area contributed by atoms with Gasteiger partial charge in [0.1, 0.15) is 17.3 Å². The summed E-state index contributed by atoms with van der Waals surface area (Å²) in [5.74, 6) is -1.60. The van der Waals surface area contributed by atoms with Crippen LogP contribution in [-0.2, 0) is 10.0 Å². The molecule has 1 atom stereocenters.